The molecule has 0 amide bonds. The Bertz CT molecular complexity index is 1210. The number of rotatable bonds is 4. The molecule has 29 heavy (non-hydrogen) atoms. The lowest BCUT2D eigenvalue weighted by Crippen LogP contribution is -2.38. The van der Waals surface area contributed by atoms with Gasteiger partial charge in [-0.25, -0.2) is 0 Å². The maximum Gasteiger partial charge on any atom is 0.283 e. The highest BCUT2D eigenvalue weighted by atomic mass is 35.5. The van der Waals surface area contributed by atoms with Crippen molar-refractivity contribution in [3.8, 4) is 11.5 Å². The Hall–Kier alpha value is -1.67. The summed E-state index contributed by atoms with van der Waals surface area (Å²) in [6, 6.07) is 11.6. The number of phenols is 2. The van der Waals surface area contributed by atoms with Gasteiger partial charge in [0, 0.05) is 22.2 Å². The SMILES string of the molecule is O=S(=O)(O)C(c1ccc(Cl)c(Cl)c1)(c1ccccc1O)c1cc(Cl)c(O)cc1Cl. The zero-order chi connectivity index (χ0) is 21.6. The number of para-hydroxylation sites is 1. The van der Waals surface area contributed by atoms with E-state index in [4.69, 9.17) is 46.4 Å². The summed E-state index contributed by atoms with van der Waals surface area (Å²) in [6.07, 6.45) is 0. The number of halogens is 4. The van der Waals surface area contributed by atoms with E-state index in [1.54, 1.807) is 0 Å². The third kappa shape index (κ3) is 3.65. The van der Waals surface area contributed by atoms with Crippen molar-refractivity contribution in [2.24, 2.45) is 0 Å². The minimum Gasteiger partial charge on any atom is -0.508 e. The molecule has 3 aromatic carbocycles. The maximum absolute atomic E-state index is 13.0. The van der Waals surface area contributed by atoms with Crippen LogP contribution < -0.4 is 0 Å². The molecule has 3 rings (SSSR count). The Kier molecular flexibility index (Phi) is 5.98. The number of hydrogen-bond acceptors (Lipinski definition) is 4. The van der Waals surface area contributed by atoms with Crippen LogP contribution in [0.25, 0.3) is 0 Å². The monoisotopic (exact) mass is 492 g/mol. The fourth-order valence-electron chi connectivity index (χ4n) is 3.18. The van der Waals surface area contributed by atoms with E-state index in [1.807, 2.05) is 0 Å². The third-order valence-corrected chi connectivity index (χ3v) is 7.22. The number of hydrogen-bond donors (Lipinski definition) is 3. The van der Waals surface area contributed by atoms with Crippen LogP contribution in [-0.4, -0.2) is 23.2 Å². The molecular formula is C19H12Cl4O5S. The Balaban J connectivity index is 2.61. The van der Waals surface area contributed by atoms with Crippen molar-refractivity contribution in [1.29, 1.82) is 0 Å². The Morgan fingerprint density at radius 2 is 1.34 bits per heavy atom. The van der Waals surface area contributed by atoms with E-state index >= 15 is 0 Å². The summed E-state index contributed by atoms with van der Waals surface area (Å²) in [4.78, 5) is 0. The molecule has 0 saturated heterocycles. The lowest BCUT2D eigenvalue weighted by Gasteiger charge is -2.34. The van der Waals surface area contributed by atoms with Gasteiger partial charge in [-0.2, -0.15) is 8.42 Å². The molecule has 0 aliphatic rings. The summed E-state index contributed by atoms with van der Waals surface area (Å²) < 4.78 is 34.0. The Morgan fingerprint density at radius 1 is 0.690 bits per heavy atom. The van der Waals surface area contributed by atoms with E-state index in [9.17, 15) is 23.2 Å². The normalized spacial score (nSPS) is 13.8. The molecule has 1 atom stereocenters. The van der Waals surface area contributed by atoms with Crippen LogP contribution in [0.1, 0.15) is 16.7 Å². The lowest BCUT2D eigenvalue weighted by molar-refractivity contribution is 0.440. The first-order valence-electron chi connectivity index (χ1n) is 7.89. The van der Waals surface area contributed by atoms with Gasteiger partial charge in [-0.05, 0) is 29.8 Å². The molecule has 0 bridgehead atoms. The van der Waals surface area contributed by atoms with Crippen molar-refractivity contribution in [3.05, 3.63) is 91.4 Å². The van der Waals surface area contributed by atoms with E-state index < -0.39 is 26.4 Å². The van der Waals surface area contributed by atoms with E-state index in [0.717, 1.165) is 12.1 Å². The van der Waals surface area contributed by atoms with Crippen molar-refractivity contribution in [3.63, 3.8) is 0 Å². The smallest absolute Gasteiger partial charge is 0.283 e. The van der Waals surface area contributed by atoms with Gasteiger partial charge in [-0.15, -0.1) is 0 Å². The third-order valence-electron chi connectivity index (χ3n) is 4.41. The topological polar surface area (TPSA) is 94.8 Å². The van der Waals surface area contributed by atoms with Crippen LogP contribution >= 0.6 is 46.4 Å². The van der Waals surface area contributed by atoms with Crippen molar-refractivity contribution in [2.45, 2.75) is 4.75 Å². The van der Waals surface area contributed by atoms with E-state index in [1.165, 1.54) is 42.5 Å². The van der Waals surface area contributed by atoms with Crippen LogP contribution in [0.15, 0.2) is 54.6 Å². The van der Waals surface area contributed by atoms with Gasteiger partial charge in [0.1, 0.15) is 11.5 Å². The van der Waals surface area contributed by atoms with Crippen molar-refractivity contribution < 1.29 is 23.2 Å². The van der Waals surface area contributed by atoms with E-state index in [-0.39, 0.29) is 36.8 Å². The van der Waals surface area contributed by atoms with Crippen LogP contribution in [0.3, 0.4) is 0 Å². The minimum atomic E-state index is -5.08. The molecule has 0 radical (unpaired) electrons. The Morgan fingerprint density at radius 3 is 1.93 bits per heavy atom. The maximum atomic E-state index is 13.0. The van der Waals surface area contributed by atoms with Crippen LogP contribution in [0.5, 0.6) is 11.5 Å². The highest BCUT2D eigenvalue weighted by molar-refractivity contribution is 7.87. The zero-order valence-electron chi connectivity index (χ0n) is 14.3. The van der Waals surface area contributed by atoms with Crippen molar-refractivity contribution in [1.82, 2.24) is 0 Å². The van der Waals surface area contributed by atoms with Crippen molar-refractivity contribution >= 4 is 56.5 Å². The quantitative estimate of drug-likeness (QED) is 0.311. The van der Waals surface area contributed by atoms with Gasteiger partial charge in [0.15, 0.2) is 4.75 Å². The number of phenolic OH excluding ortho intramolecular Hbond substituents is 2. The molecule has 0 aliphatic carbocycles. The summed E-state index contributed by atoms with van der Waals surface area (Å²) >= 11 is 24.4. The second-order valence-corrected chi connectivity index (χ2v) is 9.28. The second kappa shape index (κ2) is 7.87. The molecule has 3 aromatic rings. The fourth-order valence-corrected chi connectivity index (χ4v) is 5.32. The summed E-state index contributed by atoms with van der Waals surface area (Å²) in [6.45, 7) is 0. The van der Waals surface area contributed by atoms with Crippen LogP contribution in [0, 0.1) is 0 Å². The summed E-state index contributed by atoms with van der Waals surface area (Å²) in [7, 11) is -5.08. The standard InChI is InChI=1S/C19H12Cl4O5S/c20-13-6-5-10(7-15(13)22)19(29(26,27)28,11-3-1-2-4-17(11)24)12-8-16(23)18(25)9-14(12)21/h1-9,24-25H,(H,26,27,28). The van der Waals surface area contributed by atoms with Gasteiger partial charge in [0.25, 0.3) is 10.1 Å². The van der Waals surface area contributed by atoms with Gasteiger partial charge in [-0.1, -0.05) is 70.7 Å². The van der Waals surface area contributed by atoms with Gasteiger partial charge < -0.3 is 10.2 Å². The van der Waals surface area contributed by atoms with Crippen LogP contribution in [0.4, 0.5) is 0 Å². The molecule has 0 fully saturated rings. The fraction of sp³-hybridized carbons (Fsp3) is 0.0526. The molecular weight excluding hydrogens is 482 g/mol. The first kappa shape index (κ1) is 22.0. The number of aromatic hydroxyl groups is 2. The average Bonchev–Trinajstić information content (AvgIpc) is 2.63. The predicted octanol–water partition coefficient (Wildman–Crippen LogP) is 5.89. The molecule has 10 heteroatoms. The van der Waals surface area contributed by atoms with Gasteiger partial charge in [0.2, 0.25) is 0 Å². The molecule has 0 aromatic heterocycles. The predicted molar refractivity (Wildman–Crippen MR) is 114 cm³/mol. The molecule has 5 nitrogen and oxygen atoms in total. The van der Waals surface area contributed by atoms with Gasteiger partial charge in [0.05, 0.1) is 15.1 Å². The molecule has 3 N–H and O–H groups in total. The Labute approximate surface area is 186 Å². The zero-order valence-corrected chi connectivity index (χ0v) is 18.1. The first-order chi connectivity index (χ1) is 13.5. The molecule has 152 valence electrons. The highest BCUT2D eigenvalue weighted by Gasteiger charge is 2.51. The highest BCUT2D eigenvalue weighted by Crippen LogP contribution is 2.51. The number of benzene rings is 3. The molecule has 0 aliphatic heterocycles. The summed E-state index contributed by atoms with van der Waals surface area (Å²) in [5, 5.41) is 20.1. The van der Waals surface area contributed by atoms with Crippen molar-refractivity contribution in [2.75, 3.05) is 0 Å². The lowest BCUT2D eigenvalue weighted by atomic mass is 9.83. The first-order valence-corrected chi connectivity index (χ1v) is 10.8. The summed E-state index contributed by atoms with van der Waals surface area (Å²) in [5.74, 6) is -0.826. The summed E-state index contributed by atoms with van der Waals surface area (Å²) in [5.41, 5.74) is -0.464. The van der Waals surface area contributed by atoms with Crippen LogP contribution in [-0.2, 0) is 14.9 Å². The van der Waals surface area contributed by atoms with Gasteiger partial charge >= 0.3 is 0 Å². The molecule has 0 spiro atoms. The van der Waals surface area contributed by atoms with Crippen LogP contribution in [0.2, 0.25) is 20.1 Å². The minimum absolute atomic E-state index is 0.00797. The average molecular weight is 494 g/mol. The second-order valence-electron chi connectivity index (χ2n) is 6.09. The molecule has 1 unspecified atom stereocenters. The molecule has 0 saturated carbocycles. The van der Waals surface area contributed by atoms with Gasteiger partial charge in [-0.3, -0.25) is 4.55 Å². The van der Waals surface area contributed by atoms with E-state index in [2.05, 4.69) is 0 Å². The van der Waals surface area contributed by atoms with E-state index in [0.29, 0.717) is 0 Å². The largest absolute Gasteiger partial charge is 0.508 e. The molecule has 0 heterocycles.